The van der Waals surface area contributed by atoms with Gasteiger partial charge in [0, 0.05) is 0 Å². The van der Waals surface area contributed by atoms with Crippen LogP contribution in [-0.2, 0) is 18.3 Å². The number of hydrogen-bond acceptors (Lipinski definition) is 6. The molecule has 0 aromatic rings. The Morgan fingerprint density at radius 2 is 1.80 bits per heavy atom. The first-order valence-corrected chi connectivity index (χ1v) is 6.55. The van der Waals surface area contributed by atoms with E-state index < -0.39 is 20.3 Å². The minimum Gasteiger partial charge on any atom is -0.394 e. The van der Waals surface area contributed by atoms with Crippen molar-refractivity contribution in [1.29, 1.82) is 0 Å². The molecule has 92 valence electrons. The van der Waals surface area contributed by atoms with E-state index in [1.807, 2.05) is 0 Å². The second-order valence-electron chi connectivity index (χ2n) is 2.78. The minimum absolute atomic E-state index is 0.0966. The topological polar surface area (TPSA) is 85.2 Å². The van der Waals surface area contributed by atoms with Gasteiger partial charge in [0.25, 0.3) is 0 Å². The Bertz CT molecular complexity index is 188. The van der Waals surface area contributed by atoms with Crippen molar-refractivity contribution in [2.45, 2.75) is 20.0 Å². The summed E-state index contributed by atoms with van der Waals surface area (Å²) < 4.78 is 26.6. The van der Waals surface area contributed by atoms with Crippen molar-refractivity contribution in [2.24, 2.45) is 0 Å². The van der Waals surface area contributed by atoms with E-state index in [-0.39, 0.29) is 26.2 Å². The monoisotopic (exact) mass is 242 g/mol. The van der Waals surface area contributed by atoms with Gasteiger partial charge >= 0.3 is 7.60 Å². The van der Waals surface area contributed by atoms with Gasteiger partial charge < -0.3 is 24.0 Å². The van der Waals surface area contributed by atoms with Crippen LogP contribution in [0.4, 0.5) is 0 Å². The molecule has 0 saturated heterocycles. The first kappa shape index (κ1) is 15.0. The molecule has 0 bridgehead atoms. The third-order valence-corrected chi connectivity index (χ3v) is 3.22. The predicted octanol–water partition coefficient (Wildman–Crippen LogP) is 0.580. The Labute approximate surface area is 89.7 Å². The predicted molar refractivity (Wildman–Crippen MR) is 54.8 cm³/mol. The standard InChI is InChI=1S/C8H19O6P/c1-3-13-15(11,14-4-2)7-12-6-8(10)5-9/h8-10H,3-7H2,1-2H3. The van der Waals surface area contributed by atoms with Crippen molar-refractivity contribution < 1.29 is 28.6 Å². The van der Waals surface area contributed by atoms with E-state index in [2.05, 4.69) is 0 Å². The van der Waals surface area contributed by atoms with Crippen molar-refractivity contribution in [3.8, 4) is 0 Å². The van der Waals surface area contributed by atoms with E-state index in [9.17, 15) is 4.57 Å². The number of aliphatic hydroxyl groups is 2. The molecule has 0 fully saturated rings. The largest absolute Gasteiger partial charge is 0.394 e. The molecule has 1 unspecified atom stereocenters. The molecule has 0 saturated carbocycles. The number of ether oxygens (including phenoxy) is 1. The Kier molecular flexibility index (Phi) is 8.23. The van der Waals surface area contributed by atoms with Gasteiger partial charge in [0.2, 0.25) is 0 Å². The van der Waals surface area contributed by atoms with Gasteiger partial charge in [0.15, 0.2) is 0 Å². The first-order chi connectivity index (χ1) is 7.08. The lowest BCUT2D eigenvalue weighted by Gasteiger charge is -2.17. The first-order valence-electron chi connectivity index (χ1n) is 4.82. The highest BCUT2D eigenvalue weighted by molar-refractivity contribution is 7.53. The van der Waals surface area contributed by atoms with Crippen molar-refractivity contribution in [1.82, 2.24) is 0 Å². The van der Waals surface area contributed by atoms with Crippen molar-refractivity contribution in [3.05, 3.63) is 0 Å². The Morgan fingerprint density at radius 3 is 2.20 bits per heavy atom. The smallest absolute Gasteiger partial charge is 0.356 e. The van der Waals surface area contributed by atoms with Crippen LogP contribution < -0.4 is 0 Å². The molecule has 0 radical (unpaired) electrons. The Balaban J connectivity index is 3.90. The zero-order valence-corrected chi connectivity index (χ0v) is 9.98. The van der Waals surface area contributed by atoms with Crippen molar-refractivity contribution >= 4 is 7.60 Å². The van der Waals surface area contributed by atoms with Gasteiger partial charge in [-0.1, -0.05) is 0 Å². The molecule has 0 spiro atoms. The normalized spacial score (nSPS) is 14.1. The fourth-order valence-corrected chi connectivity index (χ4v) is 2.20. The third kappa shape index (κ3) is 7.00. The molecule has 0 amide bonds. The minimum atomic E-state index is -3.20. The summed E-state index contributed by atoms with van der Waals surface area (Å²) in [6.45, 7) is 3.45. The molecule has 0 aromatic heterocycles. The lowest BCUT2D eigenvalue weighted by molar-refractivity contribution is 0.0138. The van der Waals surface area contributed by atoms with Crippen LogP contribution in [0.15, 0.2) is 0 Å². The van der Waals surface area contributed by atoms with E-state index in [1.165, 1.54) is 0 Å². The van der Waals surface area contributed by atoms with Crippen LogP contribution in [0.5, 0.6) is 0 Å². The lowest BCUT2D eigenvalue weighted by atomic mass is 10.4. The summed E-state index contributed by atoms with van der Waals surface area (Å²) in [6, 6.07) is 0. The van der Waals surface area contributed by atoms with Gasteiger partial charge in [0.05, 0.1) is 26.4 Å². The second-order valence-corrected chi connectivity index (χ2v) is 4.78. The maximum atomic E-state index is 11.8. The van der Waals surface area contributed by atoms with Crippen LogP contribution in [0.2, 0.25) is 0 Å². The van der Waals surface area contributed by atoms with Crippen LogP contribution in [0.1, 0.15) is 13.8 Å². The fraction of sp³-hybridized carbons (Fsp3) is 1.00. The summed E-state index contributed by atoms with van der Waals surface area (Å²) in [5.74, 6) is 0. The highest BCUT2D eigenvalue weighted by Crippen LogP contribution is 2.47. The van der Waals surface area contributed by atoms with E-state index in [1.54, 1.807) is 13.8 Å². The van der Waals surface area contributed by atoms with Gasteiger partial charge in [-0.3, -0.25) is 4.57 Å². The van der Waals surface area contributed by atoms with Crippen molar-refractivity contribution in [2.75, 3.05) is 32.8 Å². The zero-order chi connectivity index (χ0) is 11.7. The SMILES string of the molecule is CCOP(=O)(COCC(O)CO)OCC. The average molecular weight is 242 g/mol. The van der Waals surface area contributed by atoms with Crippen LogP contribution in [0.25, 0.3) is 0 Å². The highest BCUT2D eigenvalue weighted by Gasteiger charge is 2.24. The summed E-state index contributed by atoms with van der Waals surface area (Å²) in [7, 11) is -3.20. The fourth-order valence-electron chi connectivity index (χ4n) is 0.858. The number of aliphatic hydroxyl groups excluding tert-OH is 2. The Morgan fingerprint density at radius 1 is 1.27 bits per heavy atom. The number of rotatable bonds is 9. The molecular formula is C8H19O6P. The second kappa shape index (κ2) is 8.21. The van der Waals surface area contributed by atoms with E-state index in [0.29, 0.717) is 0 Å². The summed E-state index contributed by atoms with van der Waals surface area (Å²) in [5.41, 5.74) is 0. The highest BCUT2D eigenvalue weighted by atomic mass is 31.2. The molecular weight excluding hydrogens is 223 g/mol. The summed E-state index contributed by atoms with van der Waals surface area (Å²) in [5, 5.41) is 17.5. The van der Waals surface area contributed by atoms with Gasteiger partial charge in [-0.05, 0) is 13.8 Å². The summed E-state index contributed by atoms with van der Waals surface area (Å²) in [4.78, 5) is 0. The molecule has 0 aliphatic heterocycles. The lowest BCUT2D eigenvalue weighted by Crippen LogP contribution is -2.20. The third-order valence-electron chi connectivity index (χ3n) is 1.42. The molecule has 1 atom stereocenters. The molecule has 0 aliphatic carbocycles. The van der Waals surface area contributed by atoms with Crippen molar-refractivity contribution in [3.63, 3.8) is 0 Å². The maximum absolute atomic E-state index is 11.8. The molecule has 0 aromatic carbocycles. The number of hydrogen-bond donors (Lipinski definition) is 2. The van der Waals surface area contributed by atoms with Gasteiger partial charge in [-0.2, -0.15) is 0 Å². The summed E-state index contributed by atoms with van der Waals surface area (Å²) >= 11 is 0. The quantitative estimate of drug-likeness (QED) is 0.575. The van der Waals surface area contributed by atoms with Gasteiger partial charge in [-0.15, -0.1) is 0 Å². The molecule has 6 nitrogen and oxygen atoms in total. The molecule has 7 heteroatoms. The maximum Gasteiger partial charge on any atom is 0.356 e. The molecule has 2 N–H and O–H groups in total. The molecule has 0 heterocycles. The zero-order valence-electron chi connectivity index (χ0n) is 9.09. The van der Waals surface area contributed by atoms with Crippen LogP contribution >= 0.6 is 7.60 Å². The molecule has 15 heavy (non-hydrogen) atoms. The molecule has 0 aliphatic rings. The van der Waals surface area contributed by atoms with Gasteiger partial charge in [-0.25, -0.2) is 0 Å². The van der Waals surface area contributed by atoms with Crippen LogP contribution in [0.3, 0.4) is 0 Å². The van der Waals surface area contributed by atoms with E-state index in [0.717, 1.165) is 0 Å². The average Bonchev–Trinajstić information content (AvgIpc) is 2.18. The van der Waals surface area contributed by atoms with Crippen LogP contribution in [0, 0.1) is 0 Å². The Hall–Kier alpha value is 0.0300. The molecule has 0 rings (SSSR count). The summed E-state index contributed by atoms with van der Waals surface area (Å²) in [6.07, 6.45) is -1.19. The van der Waals surface area contributed by atoms with E-state index >= 15 is 0 Å². The van der Waals surface area contributed by atoms with E-state index in [4.69, 9.17) is 24.0 Å². The van der Waals surface area contributed by atoms with Crippen LogP contribution in [-0.4, -0.2) is 49.1 Å². The van der Waals surface area contributed by atoms with Gasteiger partial charge in [0.1, 0.15) is 12.5 Å².